The Labute approximate surface area is 115 Å². The number of halogens is 3. The zero-order valence-corrected chi connectivity index (χ0v) is 11.0. The molecule has 3 N–H and O–H groups in total. The van der Waals surface area contributed by atoms with Crippen LogP contribution in [0.1, 0.15) is 11.3 Å². The van der Waals surface area contributed by atoms with Crippen molar-refractivity contribution >= 4 is 28.9 Å². The first-order valence-corrected chi connectivity index (χ1v) is 6.71. The third-order valence-electron chi connectivity index (χ3n) is 2.13. The molecule has 19 heavy (non-hydrogen) atoms. The van der Waals surface area contributed by atoms with Gasteiger partial charge in [0.05, 0.1) is 4.21 Å². The second-order valence-electron chi connectivity index (χ2n) is 3.49. The zero-order valence-electron chi connectivity index (χ0n) is 9.36. The van der Waals surface area contributed by atoms with Crippen molar-refractivity contribution in [3.63, 3.8) is 0 Å². The quantitative estimate of drug-likeness (QED) is 0.672. The number of nitrogens with one attached hydrogen (secondary N) is 1. The molecule has 2 aromatic rings. The van der Waals surface area contributed by atoms with Crippen molar-refractivity contribution in [2.45, 2.75) is 15.4 Å². The maximum Gasteiger partial charge on any atom is 0.433 e. The number of thiophene rings is 1. The number of pyridine rings is 1. The summed E-state index contributed by atoms with van der Waals surface area (Å²) in [7, 11) is 0. The molecule has 2 rings (SSSR count). The average Bonchev–Trinajstić information content (AvgIpc) is 2.80. The molecule has 100 valence electrons. The standard InChI is InChI=1S/C11H8F3N3S2/c12-11(13,14)7-4-3-6(9(15)16)10(17-7)19-8-2-1-5-18-8/h1-5H,(H3,15,16). The molecule has 0 aliphatic carbocycles. The molecule has 2 aromatic heterocycles. The van der Waals surface area contributed by atoms with Crippen LogP contribution in [0.3, 0.4) is 0 Å². The number of nitrogen functional groups attached to an aromatic ring is 1. The van der Waals surface area contributed by atoms with Gasteiger partial charge < -0.3 is 5.73 Å². The lowest BCUT2D eigenvalue weighted by molar-refractivity contribution is -0.141. The van der Waals surface area contributed by atoms with Crippen molar-refractivity contribution in [2.24, 2.45) is 5.73 Å². The lowest BCUT2D eigenvalue weighted by Gasteiger charge is -2.10. The lowest BCUT2D eigenvalue weighted by atomic mass is 10.2. The number of hydrogen-bond acceptors (Lipinski definition) is 4. The first-order chi connectivity index (χ1) is 8.88. The third kappa shape index (κ3) is 3.27. The SMILES string of the molecule is N=C(N)c1ccc(C(F)(F)F)nc1Sc1cccs1. The van der Waals surface area contributed by atoms with Gasteiger partial charge in [0.25, 0.3) is 0 Å². The Bertz CT molecular complexity index is 594. The van der Waals surface area contributed by atoms with Gasteiger partial charge in [-0.05, 0) is 23.6 Å². The van der Waals surface area contributed by atoms with E-state index < -0.39 is 11.9 Å². The normalized spacial score (nSPS) is 11.5. The summed E-state index contributed by atoms with van der Waals surface area (Å²) < 4.78 is 38.7. The molecular weight excluding hydrogens is 295 g/mol. The minimum atomic E-state index is -4.51. The Balaban J connectivity index is 2.45. The fourth-order valence-electron chi connectivity index (χ4n) is 1.30. The molecule has 3 nitrogen and oxygen atoms in total. The smallest absolute Gasteiger partial charge is 0.384 e. The van der Waals surface area contributed by atoms with E-state index in [1.807, 2.05) is 5.38 Å². The molecule has 0 bridgehead atoms. The summed E-state index contributed by atoms with van der Waals surface area (Å²) in [6.07, 6.45) is -4.51. The van der Waals surface area contributed by atoms with E-state index in [4.69, 9.17) is 11.1 Å². The van der Waals surface area contributed by atoms with E-state index >= 15 is 0 Å². The van der Waals surface area contributed by atoms with Crippen molar-refractivity contribution in [3.8, 4) is 0 Å². The first-order valence-electron chi connectivity index (χ1n) is 5.02. The highest BCUT2D eigenvalue weighted by Gasteiger charge is 2.33. The Morgan fingerprint density at radius 2 is 2.05 bits per heavy atom. The van der Waals surface area contributed by atoms with Gasteiger partial charge in [-0.3, -0.25) is 5.41 Å². The van der Waals surface area contributed by atoms with Crippen LogP contribution >= 0.6 is 23.1 Å². The van der Waals surface area contributed by atoms with Gasteiger partial charge in [-0.25, -0.2) is 4.98 Å². The van der Waals surface area contributed by atoms with Gasteiger partial charge in [0.1, 0.15) is 16.6 Å². The van der Waals surface area contributed by atoms with Crippen molar-refractivity contribution in [1.82, 2.24) is 4.98 Å². The number of hydrogen-bond donors (Lipinski definition) is 2. The summed E-state index contributed by atoms with van der Waals surface area (Å²) in [4.78, 5) is 3.56. The molecule has 8 heteroatoms. The Morgan fingerprint density at radius 3 is 2.58 bits per heavy atom. The fourth-order valence-corrected chi connectivity index (χ4v) is 3.11. The van der Waals surface area contributed by atoms with E-state index in [0.717, 1.165) is 22.0 Å². The molecule has 0 saturated carbocycles. The molecule has 2 heterocycles. The molecule has 0 unspecified atom stereocenters. The van der Waals surface area contributed by atoms with E-state index in [1.165, 1.54) is 17.4 Å². The predicted octanol–water partition coefficient (Wildman–Crippen LogP) is 3.60. The minimum Gasteiger partial charge on any atom is -0.384 e. The van der Waals surface area contributed by atoms with Crippen molar-refractivity contribution in [3.05, 3.63) is 40.9 Å². The summed E-state index contributed by atoms with van der Waals surface area (Å²) >= 11 is 2.45. The summed E-state index contributed by atoms with van der Waals surface area (Å²) in [5, 5.41) is 9.27. The van der Waals surface area contributed by atoms with Crippen LogP contribution in [0.15, 0.2) is 38.9 Å². The summed E-state index contributed by atoms with van der Waals surface area (Å²) in [6.45, 7) is 0. The van der Waals surface area contributed by atoms with Crippen LogP contribution in [0.2, 0.25) is 0 Å². The monoisotopic (exact) mass is 303 g/mol. The number of amidine groups is 1. The number of rotatable bonds is 3. The molecule has 0 aliphatic heterocycles. The van der Waals surface area contributed by atoms with Crippen LogP contribution in [0, 0.1) is 5.41 Å². The van der Waals surface area contributed by atoms with Crippen LogP contribution < -0.4 is 5.73 Å². The van der Waals surface area contributed by atoms with Gasteiger partial charge in [0.15, 0.2) is 0 Å². The maximum atomic E-state index is 12.6. The van der Waals surface area contributed by atoms with Gasteiger partial charge in [-0.1, -0.05) is 17.8 Å². The molecule has 0 spiro atoms. The molecule has 0 aliphatic rings. The van der Waals surface area contributed by atoms with Crippen molar-refractivity contribution in [1.29, 1.82) is 5.41 Å². The highest BCUT2D eigenvalue weighted by atomic mass is 32.2. The van der Waals surface area contributed by atoms with Gasteiger partial charge >= 0.3 is 6.18 Å². The van der Waals surface area contributed by atoms with E-state index in [9.17, 15) is 13.2 Å². The van der Waals surface area contributed by atoms with Crippen molar-refractivity contribution in [2.75, 3.05) is 0 Å². The maximum absolute atomic E-state index is 12.6. The van der Waals surface area contributed by atoms with Gasteiger partial charge in [-0.15, -0.1) is 11.3 Å². The first kappa shape index (κ1) is 13.9. The average molecular weight is 303 g/mol. The Hall–Kier alpha value is -1.54. The summed E-state index contributed by atoms with van der Waals surface area (Å²) in [5.41, 5.74) is 4.57. The molecular formula is C11H8F3N3S2. The van der Waals surface area contributed by atoms with E-state index in [0.29, 0.717) is 0 Å². The molecule has 0 atom stereocenters. The van der Waals surface area contributed by atoms with Crippen LogP contribution in [0.4, 0.5) is 13.2 Å². The van der Waals surface area contributed by atoms with E-state index in [-0.39, 0.29) is 16.4 Å². The topological polar surface area (TPSA) is 62.8 Å². The number of nitrogens with two attached hydrogens (primary N) is 1. The molecule has 0 aromatic carbocycles. The lowest BCUT2D eigenvalue weighted by Crippen LogP contribution is -2.16. The van der Waals surface area contributed by atoms with E-state index in [2.05, 4.69) is 4.98 Å². The number of nitrogens with zero attached hydrogens (tertiary/aromatic N) is 1. The zero-order chi connectivity index (χ0) is 14.0. The van der Waals surface area contributed by atoms with Crippen molar-refractivity contribution < 1.29 is 13.2 Å². The third-order valence-corrected chi connectivity index (χ3v) is 4.18. The van der Waals surface area contributed by atoms with Crippen LogP contribution in [-0.4, -0.2) is 10.8 Å². The predicted molar refractivity (Wildman–Crippen MR) is 68.7 cm³/mol. The highest BCUT2D eigenvalue weighted by molar-refractivity contribution is 8.01. The summed E-state index contributed by atoms with van der Waals surface area (Å²) in [5.74, 6) is -0.305. The van der Waals surface area contributed by atoms with Gasteiger partial charge in [-0.2, -0.15) is 13.2 Å². The molecule has 0 saturated heterocycles. The second-order valence-corrected chi connectivity index (χ2v) is 5.73. The van der Waals surface area contributed by atoms with Gasteiger partial charge in [0.2, 0.25) is 0 Å². The van der Waals surface area contributed by atoms with Crippen LogP contribution in [0.5, 0.6) is 0 Å². The van der Waals surface area contributed by atoms with Crippen LogP contribution in [0.25, 0.3) is 0 Å². The minimum absolute atomic E-state index is 0.0878. The second kappa shape index (κ2) is 5.22. The largest absolute Gasteiger partial charge is 0.433 e. The number of aromatic nitrogens is 1. The Kier molecular flexibility index (Phi) is 3.81. The molecule has 0 radical (unpaired) electrons. The Morgan fingerprint density at radius 1 is 1.32 bits per heavy atom. The van der Waals surface area contributed by atoms with Crippen LogP contribution in [-0.2, 0) is 6.18 Å². The number of alkyl halides is 3. The van der Waals surface area contributed by atoms with E-state index in [1.54, 1.807) is 12.1 Å². The summed E-state index contributed by atoms with van der Waals surface area (Å²) in [6, 6.07) is 5.55. The highest BCUT2D eigenvalue weighted by Crippen LogP contribution is 2.35. The molecule has 0 fully saturated rings. The molecule has 0 amide bonds. The fraction of sp³-hybridized carbons (Fsp3) is 0.0909. The van der Waals surface area contributed by atoms with Gasteiger partial charge in [0, 0.05) is 5.56 Å².